The second-order valence-electron chi connectivity index (χ2n) is 5.30. The minimum Gasteiger partial charge on any atom is -0.498 e. The highest BCUT2D eigenvalue weighted by Crippen LogP contribution is 2.00. The van der Waals surface area contributed by atoms with Crippen LogP contribution in [-0.2, 0) is 37.0 Å². The van der Waals surface area contributed by atoms with Gasteiger partial charge in [-0.25, -0.2) is 0 Å². The van der Waals surface area contributed by atoms with Gasteiger partial charge >= 0.3 is 5.97 Å². The Kier molecular flexibility index (Phi) is 17.0. The van der Waals surface area contributed by atoms with Gasteiger partial charge in [0, 0.05) is 6.92 Å². The van der Waals surface area contributed by atoms with Gasteiger partial charge in [0.15, 0.2) is 0 Å². The van der Waals surface area contributed by atoms with Crippen molar-refractivity contribution in [2.45, 2.75) is 20.1 Å². The molecule has 5 heteroatoms. The largest absolute Gasteiger partial charge is 0.498 e. The van der Waals surface area contributed by atoms with E-state index in [-0.39, 0.29) is 5.97 Å². The van der Waals surface area contributed by atoms with Crippen molar-refractivity contribution < 1.29 is 23.7 Å². The van der Waals surface area contributed by atoms with E-state index in [2.05, 4.69) is 29.2 Å². The summed E-state index contributed by atoms with van der Waals surface area (Å²) in [6.45, 7) is 13.5. The Hall–Kier alpha value is -3.47. The number of benzene rings is 2. The van der Waals surface area contributed by atoms with E-state index < -0.39 is 0 Å². The molecule has 0 spiro atoms. The van der Waals surface area contributed by atoms with E-state index in [4.69, 9.17) is 9.47 Å². The summed E-state index contributed by atoms with van der Waals surface area (Å²) in [4.78, 5) is 10.1. The summed E-state index contributed by atoms with van der Waals surface area (Å²) in [5.41, 5.74) is 2.34. The number of ether oxygens (including phenoxy) is 4. The maximum absolute atomic E-state index is 10.1. The third-order valence-corrected chi connectivity index (χ3v) is 3.05. The number of hydrogen-bond acceptors (Lipinski definition) is 5. The van der Waals surface area contributed by atoms with Crippen molar-refractivity contribution in [2.75, 3.05) is 13.2 Å². The van der Waals surface area contributed by atoms with E-state index in [0.29, 0.717) is 26.4 Å². The second-order valence-corrected chi connectivity index (χ2v) is 5.30. The van der Waals surface area contributed by atoms with Crippen molar-refractivity contribution in [1.29, 1.82) is 0 Å². The summed E-state index contributed by atoms with van der Waals surface area (Å²) in [5, 5.41) is 0. The topological polar surface area (TPSA) is 54.0 Å². The van der Waals surface area contributed by atoms with Crippen LogP contribution in [0.25, 0.3) is 0 Å². The molecule has 0 aromatic heterocycles. The van der Waals surface area contributed by atoms with Gasteiger partial charge < -0.3 is 18.9 Å². The van der Waals surface area contributed by atoms with Crippen molar-refractivity contribution in [2.24, 2.45) is 0 Å². The van der Waals surface area contributed by atoms with Crippen molar-refractivity contribution in [3.8, 4) is 0 Å². The first-order chi connectivity index (χ1) is 14.1. The molecule has 2 rings (SSSR count). The molecule has 0 unspecified atom stereocenters. The van der Waals surface area contributed by atoms with Gasteiger partial charge in [0.05, 0.1) is 18.8 Å². The van der Waals surface area contributed by atoms with E-state index in [1.165, 1.54) is 36.8 Å². The molecular weight excluding hydrogens is 368 g/mol. The summed E-state index contributed by atoms with van der Waals surface area (Å²) >= 11 is 0. The lowest BCUT2D eigenvalue weighted by Crippen LogP contribution is -2.04. The third-order valence-electron chi connectivity index (χ3n) is 3.05. The molecule has 0 saturated heterocycles. The van der Waals surface area contributed by atoms with Gasteiger partial charge in [0.25, 0.3) is 0 Å². The first-order valence-electron chi connectivity index (χ1n) is 9.02. The van der Waals surface area contributed by atoms with E-state index in [0.717, 1.165) is 0 Å². The van der Waals surface area contributed by atoms with Gasteiger partial charge in [-0.05, 0) is 11.1 Å². The lowest BCUT2D eigenvalue weighted by molar-refractivity contribution is -0.141. The predicted molar refractivity (Wildman–Crippen MR) is 116 cm³/mol. The van der Waals surface area contributed by atoms with E-state index in [9.17, 15) is 4.79 Å². The third kappa shape index (κ3) is 17.7. The first kappa shape index (κ1) is 25.5. The van der Waals surface area contributed by atoms with E-state index >= 15 is 0 Å². The molecule has 0 fully saturated rings. The number of carbonyl (C=O) groups excluding carboxylic acids is 1. The van der Waals surface area contributed by atoms with Gasteiger partial charge in [0.1, 0.15) is 26.4 Å². The van der Waals surface area contributed by atoms with Crippen LogP contribution >= 0.6 is 0 Å². The molecule has 0 saturated carbocycles. The Labute approximate surface area is 173 Å². The van der Waals surface area contributed by atoms with Crippen LogP contribution in [-0.4, -0.2) is 19.2 Å². The molecule has 0 aliphatic heterocycles. The molecule has 0 bridgehead atoms. The Bertz CT molecular complexity index is 621. The van der Waals surface area contributed by atoms with Crippen molar-refractivity contribution >= 4 is 5.97 Å². The SMILES string of the molecule is C=COCCOC(C)=O.C=COCc1ccccc1.C=COCc1ccccc1. The van der Waals surface area contributed by atoms with Gasteiger partial charge in [0.2, 0.25) is 0 Å². The van der Waals surface area contributed by atoms with Crippen molar-refractivity contribution in [3.05, 3.63) is 110 Å². The maximum Gasteiger partial charge on any atom is 0.302 e. The lowest BCUT2D eigenvalue weighted by Gasteiger charge is -1.99. The molecule has 0 aliphatic carbocycles. The Morgan fingerprint density at radius 3 is 1.48 bits per heavy atom. The first-order valence-corrected chi connectivity index (χ1v) is 9.02. The van der Waals surface area contributed by atoms with E-state index in [1.54, 1.807) is 0 Å². The summed E-state index contributed by atoms with van der Waals surface area (Å²) in [6.07, 6.45) is 4.21. The van der Waals surface area contributed by atoms with Gasteiger partial charge in [-0.15, -0.1) is 0 Å². The molecule has 0 aliphatic rings. The molecule has 0 amide bonds. The predicted octanol–water partition coefficient (Wildman–Crippen LogP) is 5.40. The fourth-order valence-corrected chi connectivity index (χ4v) is 1.78. The highest BCUT2D eigenvalue weighted by atomic mass is 16.6. The van der Waals surface area contributed by atoms with Crippen LogP contribution in [0.15, 0.2) is 99.2 Å². The fourth-order valence-electron chi connectivity index (χ4n) is 1.78. The molecule has 0 atom stereocenters. The smallest absolute Gasteiger partial charge is 0.302 e. The molecule has 0 N–H and O–H groups in total. The molecule has 0 radical (unpaired) electrons. The highest BCUT2D eigenvalue weighted by molar-refractivity contribution is 5.65. The van der Waals surface area contributed by atoms with Crippen LogP contribution < -0.4 is 0 Å². The highest BCUT2D eigenvalue weighted by Gasteiger charge is 1.89. The average molecular weight is 398 g/mol. The normalized spacial score (nSPS) is 8.59. The van der Waals surface area contributed by atoms with Gasteiger partial charge in [-0.1, -0.05) is 80.4 Å². The van der Waals surface area contributed by atoms with Crippen LogP contribution in [0.4, 0.5) is 0 Å². The zero-order chi connectivity index (χ0) is 21.6. The van der Waals surface area contributed by atoms with Crippen LogP contribution in [0.1, 0.15) is 18.1 Å². The minimum absolute atomic E-state index is 0.289. The molecular formula is C24H30O5. The molecule has 2 aromatic rings. The van der Waals surface area contributed by atoms with E-state index in [1.807, 2.05) is 60.7 Å². The monoisotopic (exact) mass is 398 g/mol. The van der Waals surface area contributed by atoms with Crippen LogP contribution in [0, 0.1) is 0 Å². The number of esters is 1. The minimum atomic E-state index is -0.289. The summed E-state index contributed by atoms with van der Waals surface area (Å²) in [6, 6.07) is 20.0. The Balaban J connectivity index is 0.000000407. The number of carbonyl (C=O) groups is 1. The number of rotatable bonds is 10. The van der Waals surface area contributed by atoms with Crippen molar-refractivity contribution in [3.63, 3.8) is 0 Å². The van der Waals surface area contributed by atoms with Crippen LogP contribution in [0.3, 0.4) is 0 Å². The van der Waals surface area contributed by atoms with Gasteiger partial charge in [-0.3, -0.25) is 4.79 Å². The Morgan fingerprint density at radius 2 is 1.14 bits per heavy atom. The molecule has 2 aromatic carbocycles. The van der Waals surface area contributed by atoms with Crippen LogP contribution in [0.5, 0.6) is 0 Å². The average Bonchev–Trinajstić information content (AvgIpc) is 2.76. The zero-order valence-corrected chi connectivity index (χ0v) is 17.0. The quantitative estimate of drug-likeness (QED) is 0.305. The second kappa shape index (κ2) is 19.3. The summed E-state index contributed by atoms with van der Waals surface area (Å²) < 4.78 is 19.2. The number of hydrogen-bond donors (Lipinski definition) is 0. The van der Waals surface area contributed by atoms with Gasteiger partial charge in [-0.2, -0.15) is 0 Å². The molecule has 0 heterocycles. The fraction of sp³-hybridized carbons (Fsp3) is 0.208. The standard InChI is InChI=1S/2C9H10O.C6H10O3/c2*1-2-10-8-9-6-4-3-5-7-9;1-3-8-4-5-9-6(2)7/h2*2-7H,1,8H2;3H,1,4-5H2,2H3. The lowest BCUT2D eigenvalue weighted by atomic mass is 10.2. The Morgan fingerprint density at radius 1 is 0.724 bits per heavy atom. The summed E-state index contributed by atoms with van der Waals surface area (Å²) in [7, 11) is 0. The zero-order valence-electron chi connectivity index (χ0n) is 17.0. The molecule has 5 nitrogen and oxygen atoms in total. The molecule has 29 heavy (non-hydrogen) atoms. The molecule has 156 valence electrons. The van der Waals surface area contributed by atoms with Crippen LogP contribution in [0.2, 0.25) is 0 Å². The maximum atomic E-state index is 10.1. The van der Waals surface area contributed by atoms with Crippen molar-refractivity contribution in [1.82, 2.24) is 0 Å². The summed E-state index contributed by atoms with van der Waals surface area (Å²) in [5.74, 6) is -0.289.